The molecule has 0 aromatic heterocycles. The van der Waals surface area contributed by atoms with E-state index in [0.717, 1.165) is 45.4 Å². The van der Waals surface area contributed by atoms with Crippen LogP contribution < -0.4 is 5.32 Å². The number of rotatable bonds is 14. The predicted molar refractivity (Wildman–Crippen MR) is 83.6 cm³/mol. The lowest BCUT2D eigenvalue weighted by atomic mass is 10.1. The van der Waals surface area contributed by atoms with Crippen LogP contribution in [0.3, 0.4) is 0 Å². The highest BCUT2D eigenvalue weighted by molar-refractivity contribution is 4.77. The Hall–Kier alpha value is -0.200. The molecule has 0 amide bonds. The molecular weight excluding hydrogens is 270 g/mol. The van der Waals surface area contributed by atoms with E-state index in [4.69, 9.17) is 14.2 Å². The van der Waals surface area contributed by atoms with Gasteiger partial charge in [-0.1, -0.05) is 19.8 Å². The highest BCUT2D eigenvalue weighted by Gasteiger charge is 2.24. The van der Waals surface area contributed by atoms with Crippen LogP contribution in [0, 0.1) is 5.92 Å². The zero-order chi connectivity index (χ0) is 15.2. The molecule has 0 bridgehead atoms. The Kier molecular flexibility index (Phi) is 12.1. The van der Waals surface area contributed by atoms with Crippen molar-refractivity contribution in [3.63, 3.8) is 0 Å². The normalized spacial score (nSPS) is 22.0. The van der Waals surface area contributed by atoms with Gasteiger partial charge in [0.25, 0.3) is 0 Å². The van der Waals surface area contributed by atoms with Crippen molar-refractivity contribution in [1.29, 1.82) is 0 Å². The summed E-state index contributed by atoms with van der Waals surface area (Å²) in [6.07, 6.45) is 5.44. The molecular formula is C16H33NO4. The Morgan fingerprint density at radius 3 is 2.24 bits per heavy atom. The van der Waals surface area contributed by atoms with Gasteiger partial charge in [0.2, 0.25) is 0 Å². The maximum atomic E-state index is 9.68. The van der Waals surface area contributed by atoms with Gasteiger partial charge in [-0.15, -0.1) is 0 Å². The average Bonchev–Trinajstić information content (AvgIpc) is 2.89. The molecule has 0 aliphatic heterocycles. The Morgan fingerprint density at radius 1 is 0.952 bits per heavy atom. The van der Waals surface area contributed by atoms with Crippen molar-refractivity contribution in [3.05, 3.63) is 0 Å². The molecule has 0 radical (unpaired) electrons. The molecule has 2 N–H and O–H groups in total. The van der Waals surface area contributed by atoms with Crippen molar-refractivity contribution in [3.8, 4) is 0 Å². The average molecular weight is 303 g/mol. The summed E-state index contributed by atoms with van der Waals surface area (Å²) < 4.78 is 16.3. The Balaban J connectivity index is 1.71. The van der Waals surface area contributed by atoms with E-state index in [1.807, 2.05) is 0 Å². The molecule has 1 aliphatic carbocycles. The Morgan fingerprint density at radius 2 is 1.62 bits per heavy atom. The van der Waals surface area contributed by atoms with E-state index in [2.05, 4.69) is 12.2 Å². The fourth-order valence-electron chi connectivity index (χ4n) is 2.48. The molecule has 0 spiro atoms. The van der Waals surface area contributed by atoms with Crippen LogP contribution in [0.4, 0.5) is 0 Å². The molecule has 1 rings (SSSR count). The largest absolute Gasteiger partial charge is 0.393 e. The third kappa shape index (κ3) is 10.2. The predicted octanol–water partition coefficient (Wildman–Crippen LogP) is 1.59. The first-order chi connectivity index (χ1) is 10.3. The molecule has 0 aromatic carbocycles. The van der Waals surface area contributed by atoms with Crippen molar-refractivity contribution in [2.45, 2.75) is 45.1 Å². The summed E-state index contributed by atoms with van der Waals surface area (Å²) in [5.41, 5.74) is 0. The van der Waals surface area contributed by atoms with Gasteiger partial charge in [-0.25, -0.2) is 0 Å². The van der Waals surface area contributed by atoms with Gasteiger partial charge in [-0.2, -0.15) is 0 Å². The molecule has 1 saturated carbocycles. The van der Waals surface area contributed by atoms with Crippen LogP contribution in [0.2, 0.25) is 0 Å². The standard InChI is InChI=1S/C16H33NO4/c1-2-3-8-19-10-12-21-13-11-20-9-7-17-14-15-5-4-6-16(15)18/h15-18H,2-14H2,1H3. The second-order valence-corrected chi connectivity index (χ2v) is 5.65. The van der Waals surface area contributed by atoms with Crippen LogP contribution in [0.1, 0.15) is 39.0 Å². The first-order valence-corrected chi connectivity index (χ1v) is 8.46. The molecule has 1 aliphatic rings. The van der Waals surface area contributed by atoms with Crippen LogP contribution in [0.25, 0.3) is 0 Å². The van der Waals surface area contributed by atoms with Gasteiger partial charge in [0, 0.05) is 19.7 Å². The third-order valence-corrected chi connectivity index (χ3v) is 3.83. The quantitative estimate of drug-likeness (QED) is 0.477. The van der Waals surface area contributed by atoms with Gasteiger partial charge in [-0.3, -0.25) is 0 Å². The number of ether oxygens (including phenoxy) is 3. The Bertz CT molecular complexity index is 228. The highest BCUT2D eigenvalue weighted by atomic mass is 16.5. The van der Waals surface area contributed by atoms with E-state index in [9.17, 15) is 5.11 Å². The topological polar surface area (TPSA) is 60.0 Å². The summed E-state index contributed by atoms with van der Waals surface area (Å²) in [5.74, 6) is 0.432. The second-order valence-electron chi connectivity index (χ2n) is 5.65. The van der Waals surface area contributed by atoms with Crippen molar-refractivity contribution >= 4 is 0 Å². The van der Waals surface area contributed by atoms with E-state index < -0.39 is 0 Å². The fraction of sp³-hybridized carbons (Fsp3) is 1.00. The van der Waals surface area contributed by atoms with E-state index in [1.54, 1.807) is 0 Å². The smallest absolute Gasteiger partial charge is 0.0701 e. The van der Waals surface area contributed by atoms with Crippen molar-refractivity contribution in [2.75, 3.05) is 52.7 Å². The molecule has 5 nitrogen and oxygen atoms in total. The summed E-state index contributed by atoms with van der Waals surface area (Å²) in [4.78, 5) is 0. The van der Waals surface area contributed by atoms with E-state index in [-0.39, 0.29) is 6.10 Å². The molecule has 5 heteroatoms. The zero-order valence-corrected chi connectivity index (χ0v) is 13.5. The molecule has 0 aromatic rings. The van der Waals surface area contributed by atoms with Crippen molar-refractivity contribution in [1.82, 2.24) is 5.32 Å². The van der Waals surface area contributed by atoms with Crippen LogP contribution in [0.15, 0.2) is 0 Å². The molecule has 126 valence electrons. The fourth-order valence-corrected chi connectivity index (χ4v) is 2.48. The zero-order valence-electron chi connectivity index (χ0n) is 13.5. The number of unbranched alkanes of at least 4 members (excludes halogenated alkanes) is 1. The number of hydrogen-bond acceptors (Lipinski definition) is 5. The minimum atomic E-state index is -0.105. The highest BCUT2D eigenvalue weighted by Crippen LogP contribution is 2.24. The maximum absolute atomic E-state index is 9.68. The third-order valence-electron chi connectivity index (χ3n) is 3.83. The maximum Gasteiger partial charge on any atom is 0.0701 e. The van der Waals surface area contributed by atoms with Gasteiger partial charge in [0.1, 0.15) is 0 Å². The van der Waals surface area contributed by atoms with Crippen LogP contribution in [0.5, 0.6) is 0 Å². The molecule has 2 atom stereocenters. The van der Waals surface area contributed by atoms with Gasteiger partial charge >= 0.3 is 0 Å². The van der Waals surface area contributed by atoms with Crippen LogP contribution in [-0.2, 0) is 14.2 Å². The first kappa shape index (κ1) is 18.8. The lowest BCUT2D eigenvalue weighted by Gasteiger charge is -2.15. The number of aliphatic hydroxyl groups excluding tert-OH is 1. The van der Waals surface area contributed by atoms with Gasteiger partial charge in [-0.05, 0) is 25.2 Å². The lowest BCUT2D eigenvalue weighted by Crippen LogP contribution is -2.30. The lowest BCUT2D eigenvalue weighted by molar-refractivity contribution is 0.0144. The number of hydrogen-bond donors (Lipinski definition) is 2. The molecule has 2 unspecified atom stereocenters. The van der Waals surface area contributed by atoms with Gasteiger partial charge < -0.3 is 24.6 Å². The second kappa shape index (κ2) is 13.5. The van der Waals surface area contributed by atoms with E-state index in [1.165, 1.54) is 6.42 Å². The summed E-state index contributed by atoms with van der Waals surface area (Å²) in [6, 6.07) is 0. The number of nitrogens with one attached hydrogen (secondary N) is 1. The minimum absolute atomic E-state index is 0.105. The number of aliphatic hydroxyl groups is 1. The molecule has 1 fully saturated rings. The SMILES string of the molecule is CCCCOCCOCCOCCNCC1CCCC1O. The monoisotopic (exact) mass is 303 g/mol. The van der Waals surface area contributed by atoms with E-state index >= 15 is 0 Å². The summed E-state index contributed by atoms with van der Waals surface area (Å²) in [5, 5.41) is 13.0. The van der Waals surface area contributed by atoms with Crippen molar-refractivity contribution in [2.24, 2.45) is 5.92 Å². The van der Waals surface area contributed by atoms with Crippen LogP contribution in [-0.4, -0.2) is 63.9 Å². The first-order valence-electron chi connectivity index (χ1n) is 8.46. The van der Waals surface area contributed by atoms with E-state index in [0.29, 0.717) is 39.0 Å². The summed E-state index contributed by atoms with van der Waals surface area (Å²) in [6.45, 7) is 7.98. The minimum Gasteiger partial charge on any atom is -0.393 e. The van der Waals surface area contributed by atoms with Crippen LogP contribution >= 0.6 is 0 Å². The van der Waals surface area contributed by atoms with Crippen molar-refractivity contribution < 1.29 is 19.3 Å². The molecule has 0 heterocycles. The summed E-state index contributed by atoms with van der Waals surface area (Å²) in [7, 11) is 0. The van der Waals surface area contributed by atoms with Gasteiger partial charge in [0.15, 0.2) is 0 Å². The Labute approximate surface area is 129 Å². The summed E-state index contributed by atoms with van der Waals surface area (Å²) >= 11 is 0. The molecule has 0 saturated heterocycles. The molecule has 21 heavy (non-hydrogen) atoms. The van der Waals surface area contributed by atoms with Gasteiger partial charge in [0.05, 0.1) is 39.1 Å².